The third-order valence-corrected chi connectivity index (χ3v) is 7.68. The normalized spacial score (nSPS) is 13.1. The summed E-state index contributed by atoms with van der Waals surface area (Å²) in [6.07, 6.45) is 2.98. The molecule has 0 amide bonds. The molecule has 1 atom stereocenters. The summed E-state index contributed by atoms with van der Waals surface area (Å²) in [7, 11) is 3.22. The largest absolute Gasteiger partial charge is 0.496 e. The molecule has 0 N–H and O–H groups in total. The van der Waals surface area contributed by atoms with E-state index in [0.717, 1.165) is 56.5 Å². The zero-order valence-corrected chi connectivity index (χ0v) is 26.2. The molecule has 3 aromatic rings. The van der Waals surface area contributed by atoms with Crippen molar-refractivity contribution in [1.29, 1.82) is 0 Å². The summed E-state index contributed by atoms with van der Waals surface area (Å²) in [6, 6.07) is 10.3. The summed E-state index contributed by atoms with van der Waals surface area (Å²) in [5.41, 5.74) is 4.26. The zero-order chi connectivity index (χ0) is 27.9. The second-order valence-corrected chi connectivity index (χ2v) is 10.3. The maximum Gasteiger partial charge on any atom is 0.133 e. The number of benzene rings is 3. The molecule has 3 aromatic carbocycles. The van der Waals surface area contributed by atoms with Crippen molar-refractivity contribution < 1.29 is 18.3 Å². The lowest BCUT2D eigenvalue weighted by molar-refractivity contribution is 0.411. The first kappa shape index (κ1) is 31.3. The standard InChI is InChI=1S/C27H26Br2F2O2.2C2H6/c1-5-14(2)16-11-26(32-3)22(28)9-18(16)20-8-21(25(31)13-24(20)30)19-10-23(29)27(33-4)12-17(19)15-6-7-15;2*1-2/h8-15H,5-7H2,1-4H3;2*1-2H3. The van der Waals surface area contributed by atoms with Gasteiger partial charge in [0, 0.05) is 17.2 Å². The van der Waals surface area contributed by atoms with Gasteiger partial charge in [0.25, 0.3) is 0 Å². The highest BCUT2D eigenvalue weighted by atomic mass is 79.9. The van der Waals surface area contributed by atoms with Crippen LogP contribution in [-0.4, -0.2) is 14.2 Å². The fourth-order valence-corrected chi connectivity index (χ4v) is 5.25. The van der Waals surface area contributed by atoms with Crippen LogP contribution in [0.4, 0.5) is 8.78 Å². The molecule has 0 saturated heterocycles. The quantitative estimate of drug-likeness (QED) is 0.256. The predicted molar refractivity (Wildman–Crippen MR) is 159 cm³/mol. The Bertz CT molecular complexity index is 1210. The Labute approximate surface area is 238 Å². The molecule has 0 bridgehead atoms. The van der Waals surface area contributed by atoms with E-state index in [1.165, 1.54) is 0 Å². The fourth-order valence-electron chi connectivity index (χ4n) is 4.24. The van der Waals surface area contributed by atoms with Gasteiger partial charge in [0.2, 0.25) is 0 Å². The van der Waals surface area contributed by atoms with Crippen molar-refractivity contribution in [3.63, 3.8) is 0 Å². The average molecular weight is 640 g/mol. The van der Waals surface area contributed by atoms with Gasteiger partial charge in [-0.05, 0) is 116 Å². The summed E-state index contributed by atoms with van der Waals surface area (Å²) in [4.78, 5) is 0. The van der Waals surface area contributed by atoms with Crippen LogP contribution in [0.5, 0.6) is 11.5 Å². The smallest absolute Gasteiger partial charge is 0.133 e. The van der Waals surface area contributed by atoms with E-state index < -0.39 is 11.6 Å². The molecule has 202 valence electrons. The van der Waals surface area contributed by atoms with Gasteiger partial charge in [0.1, 0.15) is 23.1 Å². The van der Waals surface area contributed by atoms with Crippen LogP contribution < -0.4 is 9.47 Å². The molecule has 1 aliphatic carbocycles. The first-order valence-electron chi connectivity index (χ1n) is 13.0. The van der Waals surface area contributed by atoms with Gasteiger partial charge in [-0.15, -0.1) is 0 Å². The third kappa shape index (κ3) is 6.94. The Kier molecular flexibility index (Phi) is 12.1. The highest BCUT2D eigenvalue weighted by Crippen LogP contribution is 2.49. The fraction of sp³-hybridized carbons (Fsp3) is 0.419. The van der Waals surface area contributed by atoms with E-state index >= 15 is 8.78 Å². The number of ether oxygens (including phenoxy) is 2. The summed E-state index contributed by atoms with van der Waals surface area (Å²) >= 11 is 7.07. The minimum absolute atomic E-state index is 0.173. The lowest BCUT2D eigenvalue weighted by Gasteiger charge is -2.20. The summed E-state index contributed by atoms with van der Waals surface area (Å²) in [5.74, 6) is 0.771. The van der Waals surface area contributed by atoms with Crippen LogP contribution in [0.2, 0.25) is 0 Å². The predicted octanol–water partition coefficient (Wildman–Crippen LogP) is 11.3. The van der Waals surface area contributed by atoms with Gasteiger partial charge in [-0.3, -0.25) is 0 Å². The first-order chi connectivity index (χ1) is 17.8. The Hall–Kier alpha value is -1.92. The molecule has 1 saturated carbocycles. The maximum absolute atomic E-state index is 15.2. The molecular formula is C31H38Br2F2O2. The third-order valence-electron chi connectivity index (χ3n) is 6.45. The Morgan fingerprint density at radius 3 is 1.73 bits per heavy atom. The number of hydrogen-bond donors (Lipinski definition) is 0. The Morgan fingerprint density at radius 2 is 1.24 bits per heavy atom. The molecule has 1 fully saturated rings. The van der Waals surface area contributed by atoms with E-state index in [2.05, 4.69) is 45.7 Å². The SMILES string of the molecule is CC.CC.CCC(C)c1cc(OC)c(Br)cc1-c1cc(-c2cc(Br)c(OC)cc2C2CC2)c(F)cc1F. The molecule has 0 heterocycles. The zero-order valence-electron chi connectivity index (χ0n) is 23.1. The average Bonchev–Trinajstić information content (AvgIpc) is 3.76. The van der Waals surface area contributed by atoms with Gasteiger partial charge < -0.3 is 9.47 Å². The molecule has 6 heteroatoms. The number of rotatable bonds is 7. The van der Waals surface area contributed by atoms with Gasteiger partial charge in [0.05, 0.1) is 23.2 Å². The number of methoxy groups -OCH3 is 2. The van der Waals surface area contributed by atoms with Crippen molar-refractivity contribution in [2.75, 3.05) is 14.2 Å². The van der Waals surface area contributed by atoms with Crippen LogP contribution in [-0.2, 0) is 0 Å². The number of hydrogen-bond acceptors (Lipinski definition) is 2. The van der Waals surface area contributed by atoms with Crippen molar-refractivity contribution in [2.45, 2.75) is 72.6 Å². The Balaban J connectivity index is 0.00000115. The van der Waals surface area contributed by atoms with Crippen LogP contribution in [0, 0.1) is 11.6 Å². The lowest BCUT2D eigenvalue weighted by atomic mass is 9.87. The van der Waals surface area contributed by atoms with Crippen molar-refractivity contribution in [3.8, 4) is 33.8 Å². The molecule has 1 unspecified atom stereocenters. The number of halogens is 4. The van der Waals surface area contributed by atoms with E-state index in [1.54, 1.807) is 20.3 Å². The van der Waals surface area contributed by atoms with Gasteiger partial charge in [-0.25, -0.2) is 8.78 Å². The molecule has 0 aromatic heterocycles. The summed E-state index contributed by atoms with van der Waals surface area (Å²) in [6.45, 7) is 12.2. The van der Waals surface area contributed by atoms with E-state index in [0.29, 0.717) is 28.5 Å². The van der Waals surface area contributed by atoms with E-state index in [1.807, 2.05) is 52.0 Å². The lowest BCUT2D eigenvalue weighted by Crippen LogP contribution is -2.01. The van der Waals surface area contributed by atoms with E-state index in [4.69, 9.17) is 9.47 Å². The summed E-state index contributed by atoms with van der Waals surface area (Å²) in [5, 5.41) is 0. The molecule has 0 spiro atoms. The van der Waals surface area contributed by atoms with Crippen molar-refractivity contribution in [3.05, 3.63) is 68.1 Å². The molecule has 1 aliphatic rings. The molecule has 2 nitrogen and oxygen atoms in total. The maximum atomic E-state index is 15.2. The van der Waals surface area contributed by atoms with Gasteiger partial charge in [-0.1, -0.05) is 41.5 Å². The molecular weight excluding hydrogens is 602 g/mol. The van der Waals surface area contributed by atoms with E-state index in [-0.39, 0.29) is 5.92 Å². The molecule has 0 radical (unpaired) electrons. The molecule has 0 aliphatic heterocycles. The van der Waals surface area contributed by atoms with Crippen molar-refractivity contribution >= 4 is 31.9 Å². The Morgan fingerprint density at radius 1 is 0.757 bits per heavy atom. The van der Waals surface area contributed by atoms with Crippen molar-refractivity contribution in [2.24, 2.45) is 0 Å². The van der Waals surface area contributed by atoms with Crippen LogP contribution in [0.25, 0.3) is 22.3 Å². The van der Waals surface area contributed by atoms with E-state index in [9.17, 15) is 0 Å². The van der Waals surface area contributed by atoms with Crippen LogP contribution in [0.3, 0.4) is 0 Å². The van der Waals surface area contributed by atoms with Gasteiger partial charge >= 0.3 is 0 Å². The van der Waals surface area contributed by atoms with Crippen LogP contribution in [0.1, 0.15) is 83.8 Å². The van der Waals surface area contributed by atoms with Crippen LogP contribution >= 0.6 is 31.9 Å². The highest BCUT2D eigenvalue weighted by molar-refractivity contribution is 9.11. The highest BCUT2D eigenvalue weighted by Gasteiger charge is 2.29. The topological polar surface area (TPSA) is 18.5 Å². The first-order valence-corrected chi connectivity index (χ1v) is 14.6. The monoisotopic (exact) mass is 638 g/mol. The van der Waals surface area contributed by atoms with Crippen LogP contribution in [0.15, 0.2) is 45.3 Å². The van der Waals surface area contributed by atoms with Gasteiger partial charge in [0.15, 0.2) is 0 Å². The van der Waals surface area contributed by atoms with Gasteiger partial charge in [-0.2, -0.15) is 0 Å². The minimum atomic E-state index is -0.585. The molecule has 4 rings (SSSR count). The minimum Gasteiger partial charge on any atom is -0.496 e. The van der Waals surface area contributed by atoms with Crippen molar-refractivity contribution in [1.82, 2.24) is 0 Å². The molecule has 37 heavy (non-hydrogen) atoms. The second-order valence-electron chi connectivity index (χ2n) is 8.54. The second kappa shape index (κ2) is 14.3. The summed E-state index contributed by atoms with van der Waals surface area (Å²) < 4.78 is 42.9.